The van der Waals surface area contributed by atoms with E-state index in [1.54, 1.807) is 6.07 Å². The number of aromatic nitrogens is 2. The van der Waals surface area contributed by atoms with E-state index in [0.29, 0.717) is 22.1 Å². The van der Waals surface area contributed by atoms with Crippen LogP contribution in [0.3, 0.4) is 0 Å². The van der Waals surface area contributed by atoms with Crippen molar-refractivity contribution in [3.63, 3.8) is 0 Å². The number of carbonyl (C=O) groups excluding carboxylic acids is 1. The standard InChI is InChI=1S/C27H24N4O3S2/c1-18-11-13-20(14-12-18)16-31-23-10-6-4-8-21(23)26-24(36(31,33)34)15-28-27(30-26)35-17-25(32)29-22-9-5-3-7-19(22)2/h3-15H,16-17H2,1-2H3,(H,29,32). The van der Waals surface area contributed by atoms with Crippen molar-refractivity contribution in [2.45, 2.75) is 30.4 Å². The molecule has 0 radical (unpaired) electrons. The Morgan fingerprint density at radius 2 is 1.69 bits per heavy atom. The SMILES string of the molecule is Cc1ccc(CN2c3ccccc3-c3nc(SCC(=O)Nc4ccccc4C)ncc3S2(=O)=O)cc1. The molecule has 5 rings (SSSR count). The predicted octanol–water partition coefficient (Wildman–Crippen LogP) is 5.20. The summed E-state index contributed by atoms with van der Waals surface area (Å²) >= 11 is 1.16. The number of thioether (sulfide) groups is 1. The van der Waals surface area contributed by atoms with Gasteiger partial charge in [0.15, 0.2) is 5.16 Å². The minimum atomic E-state index is -3.88. The number of nitrogens with one attached hydrogen (secondary N) is 1. The van der Waals surface area contributed by atoms with Crippen LogP contribution in [0.4, 0.5) is 11.4 Å². The van der Waals surface area contributed by atoms with Crippen molar-refractivity contribution in [2.24, 2.45) is 0 Å². The van der Waals surface area contributed by atoms with Crippen LogP contribution in [-0.2, 0) is 21.4 Å². The van der Waals surface area contributed by atoms with Gasteiger partial charge in [0.05, 0.1) is 29.9 Å². The van der Waals surface area contributed by atoms with E-state index in [1.165, 1.54) is 10.5 Å². The number of para-hydroxylation sites is 2. The summed E-state index contributed by atoms with van der Waals surface area (Å²) in [5.41, 5.74) is 5.34. The number of sulfonamides is 1. The van der Waals surface area contributed by atoms with Crippen LogP contribution in [0.25, 0.3) is 11.3 Å². The molecule has 182 valence electrons. The van der Waals surface area contributed by atoms with E-state index in [-0.39, 0.29) is 23.1 Å². The molecule has 7 nitrogen and oxygen atoms in total. The van der Waals surface area contributed by atoms with Gasteiger partial charge < -0.3 is 5.32 Å². The third-order valence-electron chi connectivity index (χ3n) is 5.93. The third-order valence-corrected chi connectivity index (χ3v) is 8.55. The minimum absolute atomic E-state index is 0.0574. The van der Waals surface area contributed by atoms with Gasteiger partial charge in [0, 0.05) is 11.3 Å². The summed E-state index contributed by atoms with van der Waals surface area (Å²) < 4.78 is 28.7. The second-order valence-corrected chi connectivity index (χ2v) is 11.3. The maximum absolute atomic E-state index is 13.6. The molecule has 0 spiro atoms. The molecule has 4 aromatic rings. The van der Waals surface area contributed by atoms with Crippen molar-refractivity contribution in [1.29, 1.82) is 0 Å². The fourth-order valence-electron chi connectivity index (χ4n) is 4.00. The average Bonchev–Trinajstić information content (AvgIpc) is 2.88. The van der Waals surface area contributed by atoms with Crippen molar-refractivity contribution in [2.75, 3.05) is 15.4 Å². The fourth-order valence-corrected chi connectivity index (χ4v) is 6.18. The van der Waals surface area contributed by atoms with E-state index in [2.05, 4.69) is 15.3 Å². The molecule has 0 saturated heterocycles. The van der Waals surface area contributed by atoms with Crippen LogP contribution < -0.4 is 9.62 Å². The van der Waals surface area contributed by atoms with Crippen LogP contribution in [0.2, 0.25) is 0 Å². The third kappa shape index (κ3) is 4.72. The number of benzene rings is 3. The molecular weight excluding hydrogens is 492 g/mol. The zero-order chi connectivity index (χ0) is 25.3. The maximum Gasteiger partial charge on any atom is 0.268 e. The van der Waals surface area contributed by atoms with Crippen molar-refractivity contribution in [1.82, 2.24) is 9.97 Å². The fraction of sp³-hybridized carbons (Fsp3) is 0.148. The molecule has 1 aliphatic heterocycles. The highest BCUT2D eigenvalue weighted by atomic mass is 32.2. The largest absolute Gasteiger partial charge is 0.325 e. The summed E-state index contributed by atoms with van der Waals surface area (Å²) in [4.78, 5) is 21.4. The smallest absolute Gasteiger partial charge is 0.268 e. The van der Waals surface area contributed by atoms with Crippen LogP contribution >= 0.6 is 11.8 Å². The summed E-state index contributed by atoms with van der Waals surface area (Å²) in [7, 11) is -3.88. The molecule has 0 unspecified atom stereocenters. The lowest BCUT2D eigenvalue weighted by molar-refractivity contribution is -0.113. The zero-order valence-electron chi connectivity index (χ0n) is 19.8. The molecule has 0 fully saturated rings. The summed E-state index contributed by atoms with van der Waals surface area (Å²) in [5, 5.41) is 3.22. The van der Waals surface area contributed by atoms with Gasteiger partial charge in [0.2, 0.25) is 5.91 Å². The molecule has 36 heavy (non-hydrogen) atoms. The molecular formula is C27H24N4O3S2. The Kier molecular flexibility index (Phi) is 6.51. The average molecular weight is 517 g/mol. The summed E-state index contributed by atoms with van der Waals surface area (Å²) in [6.07, 6.45) is 1.34. The van der Waals surface area contributed by atoms with Gasteiger partial charge in [-0.1, -0.05) is 78.0 Å². The van der Waals surface area contributed by atoms with Gasteiger partial charge >= 0.3 is 0 Å². The molecule has 1 amide bonds. The van der Waals surface area contributed by atoms with Gasteiger partial charge in [0.25, 0.3) is 10.0 Å². The van der Waals surface area contributed by atoms with Crippen molar-refractivity contribution in [3.05, 3.63) is 95.7 Å². The molecule has 1 aromatic heterocycles. The van der Waals surface area contributed by atoms with Crippen LogP contribution in [0.15, 0.2) is 89.0 Å². The Morgan fingerprint density at radius 1 is 0.972 bits per heavy atom. The number of nitrogens with zero attached hydrogens (tertiary/aromatic N) is 3. The van der Waals surface area contributed by atoms with Crippen LogP contribution in [0.5, 0.6) is 0 Å². The van der Waals surface area contributed by atoms with Crippen LogP contribution in [0, 0.1) is 13.8 Å². The number of fused-ring (bicyclic) bond motifs is 3. The maximum atomic E-state index is 13.6. The Balaban J connectivity index is 1.41. The second kappa shape index (κ2) is 9.75. The Labute approximate surface area is 214 Å². The first-order valence-electron chi connectivity index (χ1n) is 11.4. The van der Waals surface area contributed by atoms with E-state index in [9.17, 15) is 13.2 Å². The Morgan fingerprint density at radius 3 is 2.47 bits per heavy atom. The molecule has 0 atom stereocenters. The first kappa shape index (κ1) is 24.0. The van der Waals surface area contributed by atoms with Gasteiger partial charge in [-0.15, -0.1) is 0 Å². The van der Waals surface area contributed by atoms with Gasteiger partial charge in [-0.2, -0.15) is 0 Å². The highest BCUT2D eigenvalue weighted by Gasteiger charge is 2.36. The minimum Gasteiger partial charge on any atom is -0.325 e. The lowest BCUT2D eigenvalue weighted by Gasteiger charge is -2.31. The molecule has 0 aliphatic carbocycles. The first-order chi connectivity index (χ1) is 17.3. The van der Waals surface area contributed by atoms with Gasteiger partial charge in [0.1, 0.15) is 4.90 Å². The lowest BCUT2D eigenvalue weighted by atomic mass is 10.1. The first-order valence-corrected chi connectivity index (χ1v) is 13.8. The number of aryl methyl sites for hydroxylation is 2. The van der Waals surface area contributed by atoms with Crippen molar-refractivity contribution in [3.8, 4) is 11.3 Å². The summed E-state index contributed by atoms with van der Waals surface area (Å²) in [6.45, 7) is 4.12. The van der Waals surface area contributed by atoms with Crippen LogP contribution in [-0.4, -0.2) is 30.0 Å². The molecule has 1 aliphatic rings. The van der Waals surface area contributed by atoms with E-state index in [1.807, 2.05) is 80.6 Å². The predicted molar refractivity (Wildman–Crippen MR) is 143 cm³/mol. The topological polar surface area (TPSA) is 92.3 Å². The Bertz CT molecular complexity index is 1550. The van der Waals surface area contributed by atoms with Crippen molar-refractivity contribution >= 4 is 39.1 Å². The highest BCUT2D eigenvalue weighted by molar-refractivity contribution is 7.99. The number of rotatable bonds is 6. The van der Waals surface area contributed by atoms with Gasteiger partial charge in [-0.25, -0.2) is 18.4 Å². The Hall–Kier alpha value is -3.69. The van der Waals surface area contributed by atoms with E-state index < -0.39 is 10.0 Å². The quantitative estimate of drug-likeness (QED) is 0.280. The second-order valence-electron chi connectivity index (χ2n) is 8.53. The lowest BCUT2D eigenvalue weighted by Crippen LogP contribution is -2.34. The highest BCUT2D eigenvalue weighted by Crippen LogP contribution is 2.42. The van der Waals surface area contributed by atoms with Gasteiger partial charge in [-0.3, -0.25) is 9.10 Å². The van der Waals surface area contributed by atoms with Crippen molar-refractivity contribution < 1.29 is 13.2 Å². The number of hydrogen-bond acceptors (Lipinski definition) is 6. The van der Waals surface area contributed by atoms with E-state index >= 15 is 0 Å². The number of amides is 1. The monoisotopic (exact) mass is 516 g/mol. The molecule has 1 N–H and O–H groups in total. The molecule has 2 heterocycles. The molecule has 0 bridgehead atoms. The number of hydrogen-bond donors (Lipinski definition) is 1. The van der Waals surface area contributed by atoms with E-state index in [4.69, 9.17) is 0 Å². The van der Waals surface area contributed by atoms with Crippen LogP contribution in [0.1, 0.15) is 16.7 Å². The summed E-state index contributed by atoms with van der Waals surface area (Å²) in [6, 6.07) is 22.7. The van der Waals surface area contributed by atoms with Gasteiger partial charge in [-0.05, 0) is 37.1 Å². The number of carbonyl (C=O) groups is 1. The molecule has 9 heteroatoms. The molecule has 3 aromatic carbocycles. The summed E-state index contributed by atoms with van der Waals surface area (Å²) in [5.74, 6) is -0.0888. The normalized spacial score (nSPS) is 13.6. The van der Waals surface area contributed by atoms with E-state index in [0.717, 1.165) is 34.1 Å². The zero-order valence-corrected chi connectivity index (χ0v) is 21.4. The molecule has 0 saturated carbocycles. The number of anilines is 2.